The molecule has 2 heterocycles. The van der Waals surface area contributed by atoms with Crippen molar-refractivity contribution in [3.05, 3.63) is 16.1 Å². The van der Waals surface area contributed by atoms with Gasteiger partial charge in [0.05, 0.1) is 17.1 Å². The van der Waals surface area contributed by atoms with Crippen molar-refractivity contribution in [3.8, 4) is 0 Å². The van der Waals surface area contributed by atoms with Crippen molar-refractivity contribution in [3.63, 3.8) is 0 Å². The lowest BCUT2D eigenvalue weighted by Gasteiger charge is -2.43. The van der Waals surface area contributed by atoms with E-state index in [0.717, 1.165) is 38.4 Å². The van der Waals surface area contributed by atoms with Gasteiger partial charge in [-0.1, -0.05) is 12.2 Å². The van der Waals surface area contributed by atoms with Crippen molar-refractivity contribution in [2.24, 2.45) is 5.73 Å². The first-order chi connectivity index (χ1) is 8.89. The molecule has 1 aromatic heterocycles. The first-order valence-electron chi connectivity index (χ1n) is 6.58. The lowest BCUT2D eigenvalue weighted by Crippen LogP contribution is -2.59. The number of rotatable bonds is 4. The Morgan fingerprint density at radius 1 is 1.42 bits per heavy atom. The van der Waals surface area contributed by atoms with E-state index in [1.807, 2.05) is 6.92 Å². The van der Waals surface area contributed by atoms with Gasteiger partial charge in [0, 0.05) is 37.3 Å². The molecule has 2 rings (SSSR count). The third-order valence-corrected chi connectivity index (χ3v) is 5.24. The summed E-state index contributed by atoms with van der Waals surface area (Å²) in [5.41, 5.74) is 6.77. The zero-order valence-corrected chi connectivity index (χ0v) is 13.5. The lowest BCUT2D eigenvalue weighted by molar-refractivity contribution is 0.0821. The highest BCUT2D eigenvalue weighted by molar-refractivity contribution is 7.80. The maximum absolute atomic E-state index is 5.83. The van der Waals surface area contributed by atoms with Crippen LogP contribution < -0.4 is 5.73 Å². The number of aryl methyl sites for hydroxylation is 1. The van der Waals surface area contributed by atoms with Gasteiger partial charge in [-0.3, -0.25) is 9.80 Å². The van der Waals surface area contributed by atoms with Crippen LogP contribution in [0, 0.1) is 6.92 Å². The average Bonchev–Trinajstić information content (AvgIpc) is 2.75. The minimum Gasteiger partial charge on any atom is -0.392 e. The molecule has 106 valence electrons. The van der Waals surface area contributed by atoms with E-state index in [9.17, 15) is 0 Å². The Morgan fingerprint density at radius 3 is 2.53 bits per heavy atom. The second-order valence-electron chi connectivity index (χ2n) is 5.57. The third-order valence-electron chi connectivity index (χ3n) is 3.79. The maximum atomic E-state index is 5.83. The van der Waals surface area contributed by atoms with Gasteiger partial charge in [0.25, 0.3) is 0 Å². The molecule has 19 heavy (non-hydrogen) atoms. The summed E-state index contributed by atoms with van der Waals surface area (Å²) in [6.45, 7) is 11.3. The average molecular weight is 298 g/mol. The fraction of sp³-hybridized carbons (Fsp3) is 0.692. The molecule has 0 aromatic carbocycles. The molecule has 0 radical (unpaired) electrons. The normalized spacial score (nSPS) is 18.7. The number of aromatic nitrogens is 1. The summed E-state index contributed by atoms with van der Waals surface area (Å²) >= 11 is 6.91. The molecule has 0 saturated carbocycles. The van der Waals surface area contributed by atoms with Gasteiger partial charge in [0.2, 0.25) is 0 Å². The topological polar surface area (TPSA) is 45.4 Å². The van der Waals surface area contributed by atoms with E-state index in [2.05, 4.69) is 34.0 Å². The molecule has 1 aromatic rings. The molecule has 1 aliphatic heterocycles. The summed E-state index contributed by atoms with van der Waals surface area (Å²) in [7, 11) is 0. The summed E-state index contributed by atoms with van der Waals surface area (Å²) in [4.78, 5) is 9.93. The van der Waals surface area contributed by atoms with Crippen molar-refractivity contribution in [2.75, 3.05) is 26.2 Å². The van der Waals surface area contributed by atoms with Crippen LogP contribution in [0.2, 0.25) is 0 Å². The molecular weight excluding hydrogens is 276 g/mol. The maximum Gasteiger partial charge on any atom is 0.107 e. The predicted molar refractivity (Wildman–Crippen MR) is 84.6 cm³/mol. The van der Waals surface area contributed by atoms with Gasteiger partial charge in [-0.05, 0) is 20.8 Å². The van der Waals surface area contributed by atoms with Gasteiger partial charge in [-0.2, -0.15) is 0 Å². The molecule has 1 aliphatic rings. The summed E-state index contributed by atoms with van der Waals surface area (Å²) in [6, 6.07) is 0. The van der Waals surface area contributed by atoms with Crippen LogP contribution in [0.3, 0.4) is 0 Å². The third kappa shape index (κ3) is 3.51. The van der Waals surface area contributed by atoms with Gasteiger partial charge in [-0.25, -0.2) is 4.98 Å². The Bertz CT molecular complexity index is 447. The highest BCUT2D eigenvalue weighted by atomic mass is 32.1. The number of thiocarbonyl (C=S) groups is 1. The smallest absolute Gasteiger partial charge is 0.107 e. The Kier molecular flexibility index (Phi) is 4.55. The van der Waals surface area contributed by atoms with E-state index in [0.29, 0.717) is 4.99 Å². The van der Waals surface area contributed by atoms with Crippen LogP contribution in [-0.2, 0) is 6.54 Å². The van der Waals surface area contributed by atoms with Crippen molar-refractivity contribution in [2.45, 2.75) is 32.9 Å². The molecule has 0 amide bonds. The van der Waals surface area contributed by atoms with Gasteiger partial charge >= 0.3 is 0 Å². The first-order valence-corrected chi connectivity index (χ1v) is 7.86. The van der Waals surface area contributed by atoms with Crippen LogP contribution in [0.25, 0.3) is 0 Å². The molecule has 0 unspecified atom stereocenters. The zero-order valence-electron chi connectivity index (χ0n) is 11.8. The summed E-state index contributed by atoms with van der Waals surface area (Å²) in [5, 5.41) is 3.32. The molecule has 1 fully saturated rings. The molecule has 0 spiro atoms. The van der Waals surface area contributed by atoms with Crippen molar-refractivity contribution < 1.29 is 0 Å². The Labute approximate surface area is 124 Å². The number of nitrogens with zero attached hydrogens (tertiary/aromatic N) is 3. The summed E-state index contributed by atoms with van der Waals surface area (Å²) < 4.78 is 0. The second-order valence-corrected chi connectivity index (χ2v) is 6.95. The number of hydrogen-bond acceptors (Lipinski definition) is 5. The molecule has 4 nitrogen and oxygen atoms in total. The minimum absolute atomic E-state index is 0.181. The first kappa shape index (κ1) is 14.8. The standard InChI is InChI=1S/C13H22N4S2/c1-10-9-19-11(15-10)8-16-4-6-17(7-5-16)13(2,3)12(14)18/h9H,4-8H2,1-3H3,(H2,14,18). The fourth-order valence-corrected chi connectivity index (χ4v) is 3.23. The van der Waals surface area contributed by atoms with Gasteiger partial charge in [-0.15, -0.1) is 11.3 Å². The molecule has 6 heteroatoms. The number of nitrogens with two attached hydrogens (primary N) is 1. The van der Waals surface area contributed by atoms with E-state index < -0.39 is 0 Å². The monoisotopic (exact) mass is 298 g/mol. The highest BCUT2D eigenvalue weighted by Gasteiger charge is 2.32. The Hall–Kier alpha value is -0.560. The quantitative estimate of drug-likeness (QED) is 0.856. The van der Waals surface area contributed by atoms with Crippen LogP contribution >= 0.6 is 23.6 Å². The molecular formula is C13H22N4S2. The van der Waals surface area contributed by atoms with Gasteiger partial charge in [0.1, 0.15) is 5.01 Å². The number of thiazole rings is 1. The summed E-state index contributed by atoms with van der Waals surface area (Å²) in [6.07, 6.45) is 0. The van der Waals surface area contributed by atoms with Crippen molar-refractivity contribution in [1.82, 2.24) is 14.8 Å². The van der Waals surface area contributed by atoms with Crippen LogP contribution in [0.1, 0.15) is 24.5 Å². The Balaban J connectivity index is 1.87. The van der Waals surface area contributed by atoms with Crippen LogP contribution in [0.15, 0.2) is 5.38 Å². The van der Waals surface area contributed by atoms with E-state index in [4.69, 9.17) is 18.0 Å². The van der Waals surface area contributed by atoms with Crippen molar-refractivity contribution >= 4 is 28.5 Å². The van der Waals surface area contributed by atoms with Crippen LogP contribution in [0.5, 0.6) is 0 Å². The number of piperazine rings is 1. The number of hydrogen-bond donors (Lipinski definition) is 1. The molecule has 0 aliphatic carbocycles. The lowest BCUT2D eigenvalue weighted by atomic mass is 10.0. The fourth-order valence-electron chi connectivity index (χ4n) is 2.29. The van der Waals surface area contributed by atoms with Gasteiger partial charge in [0.15, 0.2) is 0 Å². The van der Waals surface area contributed by atoms with Crippen LogP contribution in [0.4, 0.5) is 0 Å². The Morgan fingerprint density at radius 2 is 2.05 bits per heavy atom. The largest absolute Gasteiger partial charge is 0.392 e. The van der Waals surface area contributed by atoms with E-state index >= 15 is 0 Å². The molecule has 2 N–H and O–H groups in total. The predicted octanol–water partition coefficient (Wildman–Crippen LogP) is 1.63. The second kappa shape index (κ2) is 5.83. The minimum atomic E-state index is -0.181. The zero-order chi connectivity index (χ0) is 14.0. The van der Waals surface area contributed by atoms with Crippen LogP contribution in [-0.4, -0.2) is 51.5 Å². The molecule has 0 bridgehead atoms. The summed E-state index contributed by atoms with van der Waals surface area (Å²) in [5.74, 6) is 0. The van der Waals surface area contributed by atoms with E-state index in [-0.39, 0.29) is 5.54 Å². The highest BCUT2D eigenvalue weighted by Crippen LogP contribution is 2.19. The molecule has 1 saturated heterocycles. The van der Waals surface area contributed by atoms with Crippen molar-refractivity contribution in [1.29, 1.82) is 0 Å². The SMILES string of the molecule is Cc1csc(CN2CCN(C(C)(C)C(N)=S)CC2)n1. The van der Waals surface area contributed by atoms with E-state index in [1.165, 1.54) is 5.01 Å². The van der Waals surface area contributed by atoms with E-state index in [1.54, 1.807) is 11.3 Å². The molecule has 0 atom stereocenters. The van der Waals surface area contributed by atoms with Gasteiger partial charge < -0.3 is 5.73 Å².